The lowest BCUT2D eigenvalue weighted by Crippen LogP contribution is -2.27. The second-order valence-corrected chi connectivity index (χ2v) is 5.59. The van der Waals surface area contributed by atoms with Crippen molar-refractivity contribution in [3.63, 3.8) is 0 Å². The van der Waals surface area contributed by atoms with Crippen molar-refractivity contribution in [2.45, 2.75) is 20.3 Å². The second kappa shape index (κ2) is 8.48. The number of aryl methyl sites for hydroxylation is 1. The topological polar surface area (TPSA) is 115 Å². The maximum Gasteiger partial charge on any atom is 0.340 e. The van der Waals surface area contributed by atoms with E-state index in [4.69, 9.17) is 13.9 Å². The molecule has 1 amide bonds. The number of carbonyl (C=O) groups is 2. The Balaban J connectivity index is 2.69. The first-order chi connectivity index (χ1) is 12.4. The van der Waals surface area contributed by atoms with Crippen LogP contribution in [0.15, 0.2) is 15.3 Å². The van der Waals surface area contributed by atoms with Crippen LogP contribution in [-0.2, 0) is 16.0 Å². The van der Waals surface area contributed by atoms with E-state index < -0.39 is 5.63 Å². The lowest BCUT2D eigenvalue weighted by Gasteiger charge is -2.14. The number of phenols is 1. The van der Waals surface area contributed by atoms with Crippen molar-refractivity contribution in [3.05, 3.63) is 33.2 Å². The zero-order valence-electron chi connectivity index (χ0n) is 14.9. The number of phenolic OH excluding ortho intramolecular Hbond substituents is 1. The molecule has 0 spiro atoms. The van der Waals surface area contributed by atoms with Crippen molar-refractivity contribution in [1.82, 2.24) is 5.32 Å². The average molecular weight is 363 g/mol. The van der Waals surface area contributed by atoms with Gasteiger partial charge in [-0.3, -0.25) is 9.59 Å². The van der Waals surface area contributed by atoms with E-state index in [9.17, 15) is 19.5 Å². The van der Waals surface area contributed by atoms with Gasteiger partial charge < -0.3 is 24.3 Å². The maximum absolute atomic E-state index is 12.3. The molecule has 0 aliphatic carbocycles. The highest BCUT2D eigenvalue weighted by Crippen LogP contribution is 2.36. The molecule has 2 aromatic rings. The van der Waals surface area contributed by atoms with E-state index in [2.05, 4.69) is 5.32 Å². The summed E-state index contributed by atoms with van der Waals surface area (Å²) < 4.78 is 15.8. The molecule has 2 N–H and O–H groups in total. The van der Waals surface area contributed by atoms with Crippen molar-refractivity contribution in [3.8, 4) is 11.5 Å². The number of fused-ring (bicyclic) bond motifs is 1. The summed E-state index contributed by atoms with van der Waals surface area (Å²) in [5, 5.41) is 13.0. The summed E-state index contributed by atoms with van der Waals surface area (Å²) in [5.41, 5.74) is -0.336. The van der Waals surface area contributed by atoms with E-state index in [-0.39, 0.29) is 47.1 Å². The number of aromatic hydroxyl groups is 1. The molecule has 0 aliphatic rings. The minimum Gasteiger partial charge on any atom is -0.507 e. The van der Waals surface area contributed by atoms with Gasteiger partial charge in [0, 0.05) is 19.7 Å². The fraction of sp³-hybridized carbons (Fsp3) is 0.389. The molecule has 0 saturated heterocycles. The first-order valence-corrected chi connectivity index (χ1v) is 8.10. The van der Waals surface area contributed by atoms with E-state index in [0.29, 0.717) is 30.4 Å². The lowest BCUT2D eigenvalue weighted by atomic mass is 10.00. The number of nitrogens with one attached hydrogen (secondary N) is 1. The monoisotopic (exact) mass is 363 g/mol. The number of amides is 1. The van der Waals surface area contributed by atoms with Crippen LogP contribution in [-0.4, -0.2) is 44.2 Å². The van der Waals surface area contributed by atoms with Crippen LogP contribution in [0.3, 0.4) is 0 Å². The van der Waals surface area contributed by atoms with Crippen LogP contribution < -0.4 is 15.7 Å². The van der Waals surface area contributed by atoms with Gasteiger partial charge in [0.15, 0.2) is 11.9 Å². The highest BCUT2D eigenvalue weighted by atomic mass is 16.5. The van der Waals surface area contributed by atoms with E-state index in [1.165, 1.54) is 13.2 Å². The standard InChI is InChI=1S/C18H21NO7/c1-4-19-15(22)7-11-10(2)16-14(25-6-5-24-3)8-13(21)12(9-20)17(16)26-18(11)23/h8-9,21H,4-7H2,1-3H3,(H,19,22). The van der Waals surface area contributed by atoms with Crippen molar-refractivity contribution in [1.29, 1.82) is 0 Å². The Morgan fingerprint density at radius 3 is 2.73 bits per heavy atom. The van der Waals surface area contributed by atoms with E-state index in [0.717, 1.165) is 0 Å². The number of likely N-dealkylation sites (N-methyl/N-ethyl adjacent to an activating group) is 1. The predicted octanol–water partition coefficient (Wildman–Crippen LogP) is 1.32. The number of rotatable bonds is 8. The molecule has 8 nitrogen and oxygen atoms in total. The third-order valence-corrected chi connectivity index (χ3v) is 3.90. The Morgan fingerprint density at radius 2 is 2.12 bits per heavy atom. The Morgan fingerprint density at radius 1 is 1.38 bits per heavy atom. The molecular weight excluding hydrogens is 342 g/mol. The predicted molar refractivity (Wildman–Crippen MR) is 94.0 cm³/mol. The number of methoxy groups -OCH3 is 1. The van der Waals surface area contributed by atoms with Crippen LogP contribution in [0.2, 0.25) is 0 Å². The molecular formula is C18H21NO7. The molecule has 0 saturated carbocycles. The van der Waals surface area contributed by atoms with Crippen molar-refractivity contribution < 1.29 is 28.6 Å². The molecule has 0 radical (unpaired) electrons. The van der Waals surface area contributed by atoms with E-state index >= 15 is 0 Å². The molecule has 2 rings (SSSR count). The highest BCUT2D eigenvalue weighted by Gasteiger charge is 2.22. The van der Waals surface area contributed by atoms with Crippen molar-refractivity contribution in [2.24, 2.45) is 0 Å². The Bertz CT molecular complexity index is 885. The van der Waals surface area contributed by atoms with Gasteiger partial charge in [-0.25, -0.2) is 4.79 Å². The van der Waals surface area contributed by atoms with Crippen molar-refractivity contribution >= 4 is 23.2 Å². The Kier molecular flexibility index (Phi) is 6.35. The Labute approximate surface area is 149 Å². The summed E-state index contributed by atoms with van der Waals surface area (Å²) in [5.74, 6) is -0.448. The minimum atomic E-state index is -0.738. The molecule has 0 aliphatic heterocycles. The van der Waals surface area contributed by atoms with Gasteiger partial charge in [0.2, 0.25) is 5.91 Å². The average Bonchev–Trinajstić information content (AvgIpc) is 2.59. The molecule has 26 heavy (non-hydrogen) atoms. The minimum absolute atomic E-state index is 0.0745. The largest absolute Gasteiger partial charge is 0.507 e. The molecule has 1 aromatic heterocycles. The van der Waals surface area contributed by atoms with Crippen LogP contribution in [0.1, 0.15) is 28.4 Å². The third kappa shape index (κ3) is 3.85. The quantitative estimate of drug-likeness (QED) is 0.413. The molecule has 0 bridgehead atoms. The van der Waals surface area contributed by atoms with Crippen molar-refractivity contribution in [2.75, 3.05) is 26.9 Å². The molecule has 8 heteroatoms. The van der Waals surface area contributed by atoms with Gasteiger partial charge in [-0.1, -0.05) is 0 Å². The number of hydrogen-bond donors (Lipinski definition) is 2. The van der Waals surface area contributed by atoms with Crippen LogP contribution >= 0.6 is 0 Å². The highest BCUT2D eigenvalue weighted by molar-refractivity contribution is 6.02. The van der Waals surface area contributed by atoms with Gasteiger partial charge in [-0.05, 0) is 19.4 Å². The van der Waals surface area contributed by atoms with Gasteiger partial charge in [-0.2, -0.15) is 0 Å². The van der Waals surface area contributed by atoms with E-state index in [1.807, 2.05) is 0 Å². The zero-order valence-corrected chi connectivity index (χ0v) is 14.9. The number of benzene rings is 1. The fourth-order valence-corrected chi connectivity index (χ4v) is 2.64. The first kappa shape index (κ1) is 19.5. The molecule has 0 unspecified atom stereocenters. The van der Waals surface area contributed by atoms with Crippen LogP contribution in [0.5, 0.6) is 11.5 Å². The molecule has 0 fully saturated rings. The molecule has 0 atom stereocenters. The fourth-order valence-electron chi connectivity index (χ4n) is 2.64. The number of hydrogen-bond acceptors (Lipinski definition) is 7. The zero-order chi connectivity index (χ0) is 19.3. The summed E-state index contributed by atoms with van der Waals surface area (Å²) in [7, 11) is 1.52. The number of ether oxygens (including phenoxy) is 2. The SMILES string of the molecule is CCNC(=O)Cc1c(C)c2c(OCCOC)cc(O)c(C=O)c2oc1=O. The summed E-state index contributed by atoms with van der Waals surface area (Å²) in [6, 6.07) is 1.28. The van der Waals surface area contributed by atoms with E-state index in [1.54, 1.807) is 13.8 Å². The lowest BCUT2D eigenvalue weighted by molar-refractivity contribution is -0.120. The second-order valence-electron chi connectivity index (χ2n) is 5.59. The van der Waals surface area contributed by atoms with Gasteiger partial charge in [0.1, 0.15) is 18.1 Å². The van der Waals surface area contributed by atoms with Gasteiger partial charge in [0.05, 0.1) is 29.5 Å². The first-order valence-electron chi connectivity index (χ1n) is 8.10. The van der Waals surface area contributed by atoms with Crippen LogP contribution in [0.25, 0.3) is 11.0 Å². The summed E-state index contributed by atoms with van der Waals surface area (Å²) in [4.78, 5) is 35.6. The smallest absolute Gasteiger partial charge is 0.340 e. The third-order valence-electron chi connectivity index (χ3n) is 3.90. The maximum atomic E-state index is 12.3. The van der Waals surface area contributed by atoms with Gasteiger partial charge in [0.25, 0.3) is 0 Å². The molecule has 1 aromatic carbocycles. The van der Waals surface area contributed by atoms with Gasteiger partial charge in [-0.15, -0.1) is 0 Å². The summed E-state index contributed by atoms with van der Waals surface area (Å²) >= 11 is 0. The number of aldehydes is 1. The van der Waals surface area contributed by atoms with Crippen LogP contribution in [0, 0.1) is 6.92 Å². The Hall–Kier alpha value is -2.87. The number of carbonyl (C=O) groups excluding carboxylic acids is 2. The van der Waals surface area contributed by atoms with Gasteiger partial charge >= 0.3 is 5.63 Å². The normalized spacial score (nSPS) is 10.7. The molecule has 140 valence electrons. The molecule has 1 heterocycles. The summed E-state index contributed by atoms with van der Waals surface area (Å²) in [6.07, 6.45) is 0.245. The van der Waals surface area contributed by atoms with Crippen LogP contribution in [0.4, 0.5) is 0 Å². The summed E-state index contributed by atoms with van der Waals surface area (Å²) in [6.45, 7) is 4.34.